The fraction of sp³-hybridized carbons (Fsp3) is 0.857. The lowest BCUT2D eigenvalue weighted by Crippen LogP contribution is -2.33. The van der Waals surface area contributed by atoms with Crippen molar-refractivity contribution in [2.45, 2.75) is 64.9 Å². The minimum atomic E-state index is -3.64. The van der Waals surface area contributed by atoms with Gasteiger partial charge in [-0.15, -0.1) is 0 Å². The van der Waals surface area contributed by atoms with Gasteiger partial charge in [-0.2, -0.15) is 8.42 Å². The molecule has 1 aliphatic rings. The molecular weight excluding hydrogens is 278 g/mol. The molecule has 1 saturated carbocycles. The minimum Gasteiger partial charge on any atom is -0.299 e. The Morgan fingerprint density at radius 1 is 1.25 bits per heavy atom. The first-order valence-electron chi connectivity index (χ1n) is 7.42. The minimum absolute atomic E-state index is 0.145. The molecule has 0 amide bonds. The Morgan fingerprint density at radius 2 is 1.85 bits per heavy atom. The molecule has 0 bridgehead atoms. The van der Waals surface area contributed by atoms with Gasteiger partial charge in [-0.25, -0.2) is 0 Å². The number of nitrogens with one attached hydrogen (secondary N) is 1. The highest BCUT2D eigenvalue weighted by molar-refractivity contribution is 7.86. The van der Waals surface area contributed by atoms with Gasteiger partial charge in [0.25, 0.3) is 10.1 Å². The van der Waals surface area contributed by atoms with Crippen molar-refractivity contribution in [3.05, 3.63) is 0 Å². The summed E-state index contributed by atoms with van der Waals surface area (Å²) in [5, 5.41) is 7.89. The molecule has 1 atom stereocenters. The summed E-state index contributed by atoms with van der Waals surface area (Å²) in [5.41, 5.74) is -0.199. The van der Waals surface area contributed by atoms with Crippen molar-refractivity contribution >= 4 is 21.6 Å². The Morgan fingerprint density at radius 3 is 2.35 bits per heavy atom. The molecule has 1 fully saturated rings. The van der Waals surface area contributed by atoms with Gasteiger partial charge >= 0.3 is 0 Å². The van der Waals surface area contributed by atoms with Gasteiger partial charge in [0.15, 0.2) is 5.78 Å². The Hall–Kier alpha value is -0.750. The molecule has 0 aliphatic heterocycles. The molecule has 0 aromatic rings. The lowest BCUT2D eigenvalue weighted by molar-refractivity contribution is -0.114. The lowest BCUT2D eigenvalue weighted by Gasteiger charge is -2.22. The van der Waals surface area contributed by atoms with Crippen LogP contribution in [0, 0.1) is 11.3 Å². The first kappa shape index (κ1) is 17.3. The zero-order chi connectivity index (χ0) is 15.2. The molecule has 6 heteroatoms. The maximum absolute atomic E-state index is 12.1. The summed E-state index contributed by atoms with van der Waals surface area (Å²) in [6, 6.07) is 0. The van der Waals surface area contributed by atoms with Crippen LogP contribution in [0.25, 0.3) is 0 Å². The SMILES string of the molecule is CC[C@H](OS(=O)(=O)CC)C(=N)C(=O)CC1CCCCC1. The second kappa shape index (κ2) is 7.88. The van der Waals surface area contributed by atoms with Crippen LogP contribution in [0.15, 0.2) is 0 Å². The van der Waals surface area contributed by atoms with E-state index in [4.69, 9.17) is 9.59 Å². The number of rotatable bonds is 8. The van der Waals surface area contributed by atoms with Crippen molar-refractivity contribution in [1.82, 2.24) is 0 Å². The van der Waals surface area contributed by atoms with Crippen LogP contribution < -0.4 is 0 Å². The zero-order valence-electron chi connectivity index (χ0n) is 12.4. The highest BCUT2D eigenvalue weighted by Gasteiger charge is 2.27. The average molecular weight is 303 g/mol. The largest absolute Gasteiger partial charge is 0.299 e. The quantitative estimate of drug-likeness (QED) is 0.552. The number of hydrogen-bond acceptors (Lipinski definition) is 5. The van der Waals surface area contributed by atoms with E-state index in [9.17, 15) is 13.2 Å². The summed E-state index contributed by atoms with van der Waals surface area (Å²) in [6.45, 7) is 3.20. The van der Waals surface area contributed by atoms with Gasteiger partial charge in [-0.1, -0.05) is 39.0 Å². The van der Waals surface area contributed by atoms with E-state index in [1.54, 1.807) is 6.92 Å². The van der Waals surface area contributed by atoms with Crippen LogP contribution in [0.4, 0.5) is 0 Å². The molecule has 1 aliphatic carbocycles. The van der Waals surface area contributed by atoms with E-state index in [2.05, 4.69) is 0 Å². The average Bonchev–Trinajstić information content (AvgIpc) is 2.45. The normalized spacial score (nSPS) is 18.7. The van der Waals surface area contributed by atoms with Crippen molar-refractivity contribution in [2.75, 3.05) is 5.75 Å². The van der Waals surface area contributed by atoms with Crippen molar-refractivity contribution in [3.63, 3.8) is 0 Å². The van der Waals surface area contributed by atoms with Gasteiger partial charge in [0, 0.05) is 6.42 Å². The molecule has 0 heterocycles. The van der Waals surface area contributed by atoms with E-state index in [1.165, 1.54) is 13.3 Å². The van der Waals surface area contributed by atoms with E-state index in [0.29, 0.717) is 18.8 Å². The van der Waals surface area contributed by atoms with E-state index >= 15 is 0 Å². The Bertz CT molecular complexity index is 438. The third kappa shape index (κ3) is 5.32. The molecule has 1 N–H and O–H groups in total. The number of ketones is 1. The molecule has 0 radical (unpaired) electrons. The first-order valence-corrected chi connectivity index (χ1v) is 9.00. The Labute approximate surface area is 121 Å². The second-order valence-electron chi connectivity index (χ2n) is 5.38. The van der Waals surface area contributed by atoms with Crippen LogP contribution in [0.2, 0.25) is 0 Å². The zero-order valence-corrected chi connectivity index (χ0v) is 13.2. The summed E-state index contributed by atoms with van der Waals surface area (Å²) in [4.78, 5) is 12.1. The van der Waals surface area contributed by atoms with E-state index < -0.39 is 16.2 Å². The predicted molar refractivity (Wildman–Crippen MR) is 78.6 cm³/mol. The molecule has 0 aromatic carbocycles. The maximum Gasteiger partial charge on any atom is 0.267 e. The molecule has 20 heavy (non-hydrogen) atoms. The van der Waals surface area contributed by atoms with Crippen LogP contribution in [-0.2, 0) is 19.1 Å². The molecule has 0 spiro atoms. The van der Waals surface area contributed by atoms with Crippen LogP contribution in [-0.4, -0.2) is 31.8 Å². The first-order chi connectivity index (χ1) is 9.39. The fourth-order valence-corrected chi connectivity index (χ4v) is 3.23. The molecular formula is C14H25NO4S. The van der Waals surface area contributed by atoms with Gasteiger partial charge in [-0.05, 0) is 19.3 Å². The monoisotopic (exact) mass is 303 g/mol. The highest BCUT2D eigenvalue weighted by atomic mass is 32.2. The van der Waals surface area contributed by atoms with Crippen LogP contribution >= 0.6 is 0 Å². The highest BCUT2D eigenvalue weighted by Crippen LogP contribution is 2.26. The summed E-state index contributed by atoms with van der Waals surface area (Å²) in [6.07, 6.45) is 5.30. The molecule has 5 nitrogen and oxygen atoms in total. The number of carbonyl (C=O) groups is 1. The summed E-state index contributed by atoms with van der Waals surface area (Å²) in [5.74, 6) is -0.0694. The van der Waals surface area contributed by atoms with Gasteiger partial charge in [-0.3, -0.25) is 14.4 Å². The third-order valence-electron chi connectivity index (χ3n) is 3.81. The van der Waals surface area contributed by atoms with Crippen LogP contribution in [0.1, 0.15) is 58.8 Å². The molecule has 116 valence electrons. The summed E-state index contributed by atoms with van der Waals surface area (Å²) < 4.78 is 27.8. The van der Waals surface area contributed by atoms with Crippen molar-refractivity contribution in [1.29, 1.82) is 5.41 Å². The van der Waals surface area contributed by atoms with Crippen molar-refractivity contribution in [2.24, 2.45) is 5.92 Å². The van der Waals surface area contributed by atoms with Gasteiger partial charge in [0.2, 0.25) is 0 Å². The fourth-order valence-electron chi connectivity index (χ4n) is 2.51. The molecule has 0 unspecified atom stereocenters. The molecule has 0 aromatic heterocycles. The smallest absolute Gasteiger partial charge is 0.267 e. The maximum atomic E-state index is 12.1. The van der Waals surface area contributed by atoms with E-state index in [-0.39, 0.29) is 17.2 Å². The lowest BCUT2D eigenvalue weighted by atomic mass is 9.84. The van der Waals surface area contributed by atoms with Crippen LogP contribution in [0.3, 0.4) is 0 Å². The summed E-state index contributed by atoms with van der Waals surface area (Å²) >= 11 is 0. The Balaban J connectivity index is 2.58. The number of Topliss-reactive ketones (excluding diaryl/α,β-unsaturated/α-hetero) is 1. The van der Waals surface area contributed by atoms with Crippen molar-refractivity contribution in [3.8, 4) is 0 Å². The summed E-state index contributed by atoms with van der Waals surface area (Å²) in [7, 11) is -3.64. The van der Waals surface area contributed by atoms with E-state index in [1.807, 2.05) is 0 Å². The van der Waals surface area contributed by atoms with Crippen LogP contribution in [0.5, 0.6) is 0 Å². The number of hydrogen-bond donors (Lipinski definition) is 1. The topological polar surface area (TPSA) is 84.3 Å². The molecule has 0 saturated heterocycles. The molecule has 1 rings (SSSR count). The predicted octanol–water partition coefficient (Wildman–Crippen LogP) is 2.69. The van der Waals surface area contributed by atoms with Gasteiger partial charge in [0.1, 0.15) is 11.8 Å². The second-order valence-corrected chi connectivity index (χ2v) is 7.27. The third-order valence-corrected chi connectivity index (χ3v) is 5.04. The van der Waals surface area contributed by atoms with Gasteiger partial charge in [0.05, 0.1) is 5.75 Å². The Kier molecular flexibility index (Phi) is 6.82. The van der Waals surface area contributed by atoms with E-state index in [0.717, 1.165) is 25.7 Å². The number of carbonyl (C=O) groups excluding carboxylic acids is 1. The standard InChI is InChI=1S/C14H25NO4S/c1-3-13(19-20(17,18)4-2)14(15)12(16)10-11-8-6-5-7-9-11/h11,13,15H,3-10H2,1-2H3/t13-/m0/s1. The van der Waals surface area contributed by atoms with Gasteiger partial charge < -0.3 is 0 Å². The van der Waals surface area contributed by atoms with Crippen molar-refractivity contribution < 1.29 is 17.4 Å².